The predicted octanol–water partition coefficient (Wildman–Crippen LogP) is 5.98. The van der Waals surface area contributed by atoms with Crippen LogP contribution in [0.1, 0.15) is 26.7 Å². The minimum absolute atomic E-state index is 0. The number of amides is 1. The lowest BCUT2D eigenvalue weighted by Gasteiger charge is -2.24. The zero-order chi connectivity index (χ0) is 23.6. The van der Waals surface area contributed by atoms with Crippen LogP contribution in [0, 0.1) is 0 Å². The number of hydrogen-bond acceptors (Lipinski definition) is 7. The average Bonchev–Trinajstić information content (AvgIpc) is 3.29. The molecule has 1 amide bonds. The molecule has 0 saturated heterocycles. The van der Waals surface area contributed by atoms with E-state index in [0.29, 0.717) is 23.8 Å². The number of likely N-dealkylation sites (N-methyl/N-ethyl adjacent to an activating group) is 1. The van der Waals surface area contributed by atoms with Crippen molar-refractivity contribution < 1.29 is 14.3 Å². The molecular formula is C25H34ClN3O3S2. The summed E-state index contributed by atoms with van der Waals surface area (Å²) in [6.45, 7) is 7.60. The Morgan fingerprint density at radius 2 is 1.68 bits per heavy atom. The van der Waals surface area contributed by atoms with Gasteiger partial charge in [-0.2, -0.15) is 0 Å². The molecule has 0 unspecified atom stereocenters. The molecule has 0 saturated carbocycles. The minimum Gasteiger partial charge on any atom is -0.495 e. The summed E-state index contributed by atoms with van der Waals surface area (Å²) in [5, 5.41) is 0.695. The summed E-state index contributed by atoms with van der Waals surface area (Å²) in [7, 11) is 3.28. The maximum absolute atomic E-state index is 13.3. The first-order valence-corrected chi connectivity index (χ1v) is 13.1. The second-order valence-electron chi connectivity index (χ2n) is 7.48. The molecule has 0 N–H and O–H groups in total. The molecule has 0 fully saturated rings. The monoisotopic (exact) mass is 523 g/mol. The van der Waals surface area contributed by atoms with Crippen molar-refractivity contribution >= 4 is 56.8 Å². The lowest BCUT2D eigenvalue weighted by Crippen LogP contribution is -2.38. The Morgan fingerprint density at radius 1 is 1.00 bits per heavy atom. The molecule has 0 aliphatic carbocycles. The highest BCUT2D eigenvalue weighted by atomic mass is 35.5. The molecule has 9 heteroatoms. The third-order valence-electron chi connectivity index (χ3n) is 5.51. The van der Waals surface area contributed by atoms with Crippen LogP contribution in [0.15, 0.2) is 47.4 Å². The first-order valence-electron chi connectivity index (χ1n) is 11.3. The molecule has 0 aliphatic rings. The zero-order valence-corrected chi connectivity index (χ0v) is 22.7. The van der Waals surface area contributed by atoms with Crippen molar-refractivity contribution in [3.05, 3.63) is 42.5 Å². The highest BCUT2D eigenvalue weighted by molar-refractivity contribution is 7.99. The van der Waals surface area contributed by atoms with Gasteiger partial charge in [0.2, 0.25) is 5.91 Å². The number of nitrogens with zero attached hydrogens (tertiary/aromatic N) is 3. The number of anilines is 1. The van der Waals surface area contributed by atoms with Crippen LogP contribution in [0.5, 0.6) is 11.5 Å². The number of thioether (sulfide) groups is 1. The topological polar surface area (TPSA) is 54.9 Å². The van der Waals surface area contributed by atoms with Gasteiger partial charge in [0.05, 0.1) is 14.2 Å². The summed E-state index contributed by atoms with van der Waals surface area (Å²) in [6, 6.07) is 14.0. The molecule has 34 heavy (non-hydrogen) atoms. The van der Waals surface area contributed by atoms with E-state index < -0.39 is 0 Å². The number of carbonyl (C=O) groups is 1. The molecule has 2 aromatic carbocycles. The SMILES string of the molecule is CCN(CC)CCN(C(=O)CCCSc1ccccc1)c1nc2c(OC)ccc(OC)c2s1.Cl. The largest absolute Gasteiger partial charge is 0.495 e. The molecular weight excluding hydrogens is 490 g/mol. The van der Waals surface area contributed by atoms with E-state index in [1.807, 2.05) is 35.2 Å². The third kappa shape index (κ3) is 7.25. The fourth-order valence-corrected chi connectivity index (χ4v) is 5.55. The van der Waals surface area contributed by atoms with Crippen molar-refractivity contribution in [2.24, 2.45) is 0 Å². The normalized spacial score (nSPS) is 10.9. The Kier molecular flexibility index (Phi) is 12.0. The van der Waals surface area contributed by atoms with Crippen molar-refractivity contribution in [2.75, 3.05) is 51.1 Å². The Balaban J connectivity index is 0.00000408. The van der Waals surface area contributed by atoms with Gasteiger partial charge in [0, 0.05) is 24.4 Å². The maximum Gasteiger partial charge on any atom is 0.228 e. The van der Waals surface area contributed by atoms with Gasteiger partial charge in [-0.1, -0.05) is 43.4 Å². The van der Waals surface area contributed by atoms with Crippen LogP contribution in [0.25, 0.3) is 10.2 Å². The number of thiazole rings is 1. The number of halogens is 1. The number of hydrogen-bond donors (Lipinski definition) is 0. The van der Waals surface area contributed by atoms with Gasteiger partial charge < -0.3 is 14.4 Å². The van der Waals surface area contributed by atoms with Gasteiger partial charge in [-0.3, -0.25) is 9.69 Å². The quantitative estimate of drug-likeness (QED) is 0.203. The fraction of sp³-hybridized carbons (Fsp3) is 0.440. The summed E-state index contributed by atoms with van der Waals surface area (Å²) in [5.41, 5.74) is 0.733. The average molecular weight is 524 g/mol. The molecule has 6 nitrogen and oxygen atoms in total. The molecule has 3 rings (SSSR count). The third-order valence-corrected chi connectivity index (χ3v) is 7.70. The van der Waals surface area contributed by atoms with Gasteiger partial charge in [-0.25, -0.2) is 4.98 Å². The lowest BCUT2D eigenvalue weighted by molar-refractivity contribution is -0.118. The number of methoxy groups -OCH3 is 2. The zero-order valence-electron chi connectivity index (χ0n) is 20.3. The number of ether oxygens (including phenoxy) is 2. The summed E-state index contributed by atoms with van der Waals surface area (Å²) in [4.78, 5) is 23.5. The number of aromatic nitrogens is 1. The summed E-state index contributed by atoms with van der Waals surface area (Å²) >= 11 is 3.27. The van der Waals surface area contributed by atoms with Crippen LogP contribution in [-0.2, 0) is 4.79 Å². The molecule has 3 aromatic rings. The van der Waals surface area contributed by atoms with Gasteiger partial charge in [-0.15, -0.1) is 24.2 Å². The van der Waals surface area contributed by atoms with Crippen LogP contribution < -0.4 is 14.4 Å². The molecule has 186 valence electrons. The van der Waals surface area contributed by atoms with Crippen molar-refractivity contribution in [3.63, 3.8) is 0 Å². The predicted molar refractivity (Wildman–Crippen MR) is 147 cm³/mol. The number of fused-ring (bicyclic) bond motifs is 1. The Morgan fingerprint density at radius 3 is 2.32 bits per heavy atom. The van der Waals surface area contributed by atoms with Crippen LogP contribution in [0.2, 0.25) is 0 Å². The molecule has 0 radical (unpaired) electrons. The van der Waals surface area contributed by atoms with Crippen molar-refractivity contribution in [1.29, 1.82) is 0 Å². The lowest BCUT2D eigenvalue weighted by atomic mass is 10.3. The van der Waals surface area contributed by atoms with Crippen molar-refractivity contribution in [1.82, 2.24) is 9.88 Å². The van der Waals surface area contributed by atoms with E-state index >= 15 is 0 Å². The Bertz CT molecular complexity index is 988. The summed E-state index contributed by atoms with van der Waals surface area (Å²) in [6.07, 6.45) is 1.31. The second kappa shape index (κ2) is 14.4. The van der Waals surface area contributed by atoms with E-state index in [9.17, 15) is 4.79 Å². The maximum atomic E-state index is 13.3. The molecule has 0 atom stereocenters. The fourth-order valence-electron chi connectivity index (χ4n) is 3.56. The first-order chi connectivity index (χ1) is 16.1. The van der Waals surface area contributed by atoms with Crippen LogP contribution in [-0.4, -0.2) is 61.9 Å². The number of rotatable bonds is 13. The van der Waals surface area contributed by atoms with Crippen LogP contribution >= 0.6 is 35.5 Å². The number of benzene rings is 2. The number of carbonyl (C=O) groups excluding carboxylic acids is 1. The van der Waals surface area contributed by atoms with E-state index in [1.54, 1.807) is 26.0 Å². The van der Waals surface area contributed by atoms with Crippen molar-refractivity contribution in [3.8, 4) is 11.5 Å². The van der Waals surface area contributed by atoms with Crippen molar-refractivity contribution in [2.45, 2.75) is 31.6 Å². The molecule has 0 spiro atoms. The smallest absolute Gasteiger partial charge is 0.228 e. The van der Waals surface area contributed by atoms with Gasteiger partial charge in [0.25, 0.3) is 0 Å². The summed E-state index contributed by atoms with van der Waals surface area (Å²) < 4.78 is 11.9. The van der Waals surface area contributed by atoms with Gasteiger partial charge >= 0.3 is 0 Å². The Hall–Kier alpha value is -2.00. The van der Waals surface area contributed by atoms with Gasteiger partial charge in [0.1, 0.15) is 21.7 Å². The highest BCUT2D eigenvalue weighted by Gasteiger charge is 2.22. The molecule has 1 aromatic heterocycles. The second-order valence-corrected chi connectivity index (χ2v) is 9.63. The van der Waals surface area contributed by atoms with Crippen LogP contribution in [0.3, 0.4) is 0 Å². The van der Waals surface area contributed by atoms with E-state index in [2.05, 4.69) is 30.9 Å². The summed E-state index contributed by atoms with van der Waals surface area (Å²) in [5.74, 6) is 2.43. The minimum atomic E-state index is 0. The van der Waals surface area contributed by atoms with Crippen LogP contribution in [0.4, 0.5) is 5.13 Å². The van der Waals surface area contributed by atoms with Gasteiger partial charge in [0.15, 0.2) is 5.13 Å². The Labute approximate surface area is 217 Å². The van der Waals surface area contributed by atoms with E-state index in [1.165, 1.54) is 16.2 Å². The van der Waals surface area contributed by atoms with E-state index in [4.69, 9.17) is 14.5 Å². The first kappa shape index (κ1) is 28.2. The molecule has 1 heterocycles. The molecule has 0 aliphatic heterocycles. The van der Waals surface area contributed by atoms with E-state index in [0.717, 1.165) is 47.8 Å². The standard InChI is InChI=1S/C25H33N3O3S2.ClH/c1-5-27(6-2)16-17-28(22(29)13-10-18-32-19-11-8-7-9-12-19)25-26-23-20(30-3)14-15-21(31-4)24(23)33-25;/h7-9,11-12,14-15H,5-6,10,13,16-18H2,1-4H3;1H. The van der Waals surface area contributed by atoms with E-state index in [-0.39, 0.29) is 18.3 Å². The highest BCUT2D eigenvalue weighted by Crippen LogP contribution is 2.40. The van der Waals surface area contributed by atoms with Gasteiger partial charge in [-0.05, 0) is 49.5 Å². The molecule has 0 bridgehead atoms.